The van der Waals surface area contributed by atoms with Gasteiger partial charge in [0, 0.05) is 24.4 Å². The maximum atomic E-state index is 10.2. The lowest BCUT2D eigenvalue weighted by molar-refractivity contribution is 0.0592. The van der Waals surface area contributed by atoms with Gasteiger partial charge in [-0.25, -0.2) is 0 Å². The number of piperidine rings is 1. The van der Waals surface area contributed by atoms with Crippen molar-refractivity contribution in [2.45, 2.75) is 24.9 Å². The third-order valence-corrected chi connectivity index (χ3v) is 4.44. The van der Waals surface area contributed by atoms with E-state index in [9.17, 15) is 5.11 Å². The van der Waals surface area contributed by atoms with Crippen LogP contribution in [0.2, 0.25) is 0 Å². The maximum Gasteiger partial charge on any atom is 0.119 e. The third-order valence-electron chi connectivity index (χ3n) is 4.44. The Morgan fingerprint density at radius 2 is 2.04 bits per heavy atom. The predicted octanol–water partition coefficient (Wildman–Crippen LogP) is 1.90. The number of nitrogens with zero attached hydrogens (tertiary/aromatic N) is 3. The zero-order valence-electron chi connectivity index (χ0n) is 13.6. The summed E-state index contributed by atoms with van der Waals surface area (Å²) in [6.07, 6.45) is 3.42. The van der Waals surface area contributed by atoms with Gasteiger partial charge in [-0.2, -0.15) is 10.4 Å². The second-order valence-electron chi connectivity index (χ2n) is 6.19. The van der Waals surface area contributed by atoms with Crippen LogP contribution in [0.15, 0.2) is 36.5 Å². The van der Waals surface area contributed by atoms with Crippen LogP contribution in [0.1, 0.15) is 30.0 Å². The Labute approximate surface area is 141 Å². The normalized spacial score (nSPS) is 17.3. The molecule has 0 radical (unpaired) electrons. The number of nitriles is 1. The summed E-state index contributed by atoms with van der Waals surface area (Å²) in [4.78, 5) is 2.28. The van der Waals surface area contributed by atoms with Crippen molar-refractivity contribution < 1.29 is 9.84 Å². The average Bonchev–Trinajstić information content (AvgIpc) is 3.16. The van der Waals surface area contributed by atoms with Gasteiger partial charge in [0.1, 0.15) is 18.5 Å². The Morgan fingerprint density at radius 1 is 1.29 bits per heavy atom. The first-order valence-corrected chi connectivity index (χ1v) is 8.27. The van der Waals surface area contributed by atoms with Crippen LogP contribution in [0.5, 0.6) is 5.75 Å². The van der Waals surface area contributed by atoms with Crippen molar-refractivity contribution in [3.63, 3.8) is 0 Å². The molecule has 1 aliphatic rings. The van der Waals surface area contributed by atoms with Gasteiger partial charge < -0.3 is 14.7 Å². The van der Waals surface area contributed by atoms with Crippen molar-refractivity contribution in [1.82, 2.24) is 15.1 Å². The van der Waals surface area contributed by atoms with E-state index >= 15 is 0 Å². The number of benzene rings is 1. The minimum atomic E-state index is -0.524. The molecule has 0 spiro atoms. The molecule has 0 bridgehead atoms. The van der Waals surface area contributed by atoms with Crippen LogP contribution < -0.4 is 4.74 Å². The minimum Gasteiger partial charge on any atom is -0.491 e. The highest BCUT2D eigenvalue weighted by Gasteiger charge is 2.23. The standard InChI is InChI=1S/C18H22N4O2/c19-11-14-1-3-17(4-2-14)24-13-16(23)12-22-9-6-15(7-10-22)18-5-8-20-21-18/h1-5,8,15-16,23H,6-7,9-10,12-13H2,(H,20,21)/t16-/m0/s1. The second-order valence-corrected chi connectivity index (χ2v) is 6.19. The van der Waals surface area contributed by atoms with Crippen molar-refractivity contribution >= 4 is 0 Å². The molecule has 1 saturated heterocycles. The van der Waals surface area contributed by atoms with Gasteiger partial charge in [-0.05, 0) is 56.3 Å². The lowest BCUT2D eigenvalue weighted by atomic mass is 9.93. The molecule has 3 rings (SSSR count). The van der Waals surface area contributed by atoms with Gasteiger partial charge in [0.15, 0.2) is 0 Å². The molecule has 0 saturated carbocycles. The molecule has 126 valence electrons. The van der Waals surface area contributed by atoms with Gasteiger partial charge in [0.25, 0.3) is 0 Å². The fraction of sp³-hybridized carbons (Fsp3) is 0.444. The van der Waals surface area contributed by atoms with Crippen LogP contribution in [-0.2, 0) is 0 Å². The van der Waals surface area contributed by atoms with Crippen molar-refractivity contribution in [2.75, 3.05) is 26.2 Å². The first kappa shape index (κ1) is 16.5. The molecule has 1 aromatic carbocycles. The van der Waals surface area contributed by atoms with Gasteiger partial charge in [0.05, 0.1) is 11.6 Å². The number of aliphatic hydroxyl groups is 1. The number of hydrogen-bond acceptors (Lipinski definition) is 5. The molecule has 2 aromatic rings. The fourth-order valence-electron chi connectivity index (χ4n) is 3.09. The molecule has 1 aliphatic heterocycles. The van der Waals surface area contributed by atoms with E-state index in [2.05, 4.69) is 21.2 Å². The number of ether oxygens (including phenoxy) is 1. The van der Waals surface area contributed by atoms with Crippen LogP contribution in [0.4, 0.5) is 0 Å². The largest absolute Gasteiger partial charge is 0.491 e. The van der Waals surface area contributed by atoms with E-state index in [4.69, 9.17) is 10.00 Å². The SMILES string of the molecule is N#Cc1ccc(OC[C@@H](O)CN2CCC(c3ccn[nH]3)CC2)cc1. The monoisotopic (exact) mass is 326 g/mol. The molecule has 2 heterocycles. The van der Waals surface area contributed by atoms with Crippen molar-refractivity contribution in [2.24, 2.45) is 0 Å². The Kier molecular flexibility index (Phi) is 5.47. The molecular weight excluding hydrogens is 304 g/mol. The molecule has 0 unspecified atom stereocenters. The lowest BCUT2D eigenvalue weighted by Crippen LogP contribution is -2.40. The highest BCUT2D eigenvalue weighted by atomic mass is 16.5. The van der Waals surface area contributed by atoms with Crippen molar-refractivity contribution in [3.8, 4) is 11.8 Å². The van der Waals surface area contributed by atoms with Gasteiger partial charge in [-0.3, -0.25) is 5.10 Å². The number of likely N-dealkylation sites (tertiary alicyclic amines) is 1. The van der Waals surface area contributed by atoms with Crippen molar-refractivity contribution in [3.05, 3.63) is 47.8 Å². The number of aromatic amines is 1. The van der Waals surface area contributed by atoms with E-state index in [0.717, 1.165) is 25.9 Å². The zero-order valence-corrected chi connectivity index (χ0v) is 13.6. The molecule has 0 amide bonds. The number of rotatable bonds is 6. The number of aliphatic hydroxyl groups excluding tert-OH is 1. The molecule has 24 heavy (non-hydrogen) atoms. The van der Waals surface area contributed by atoms with Gasteiger partial charge >= 0.3 is 0 Å². The van der Waals surface area contributed by atoms with E-state index in [1.165, 1.54) is 5.69 Å². The molecule has 2 N–H and O–H groups in total. The Morgan fingerprint density at radius 3 is 2.67 bits per heavy atom. The molecule has 6 nitrogen and oxygen atoms in total. The summed E-state index contributed by atoms with van der Waals surface area (Å²) in [5.74, 6) is 1.21. The van der Waals surface area contributed by atoms with Crippen LogP contribution in [0.3, 0.4) is 0 Å². The van der Waals surface area contributed by atoms with Crippen molar-refractivity contribution in [1.29, 1.82) is 5.26 Å². The zero-order chi connectivity index (χ0) is 16.8. The lowest BCUT2D eigenvalue weighted by Gasteiger charge is -2.32. The molecular formula is C18H22N4O2. The molecule has 1 fully saturated rings. The second kappa shape index (κ2) is 7.95. The Balaban J connectivity index is 1.39. The van der Waals surface area contributed by atoms with Gasteiger partial charge in [-0.15, -0.1) is 0 Å². The summed E-state index contributed by atoms with van der Waals surface area (Å²) in [7, 11) is 0. The average molecular weight is 326 g/mol. The topological polar surface area (TPSA) is 85.2 Å². The van der Waals surface area contributed by atoms with Gasteiger partial charge in [-0.1, -0.05) is 0 Å². The van der Waals surface area contributed by atoms with E-state index in [1.807, 2.05) is 6.07 Å². The first-order chi connectivity index (χ1) is 11.7. The summed E-state index contributed by atoms with van der Waals surface area (Å²) >= 11 is 0. The van der Waals surface area contributed by atoms with Crippen LogP contribution >= 0.6 is 0 Å². The first-order valence-electron chi connectivity index (χ1n) is 8.27. The Bertz CT molecular complexity index is 655. The number of nitrogens with one attached hydrogen (secondary N) is 1. The summed E-state index contributed by atoms with van der Waals surface area (Å²) in [6.45, 7) is 2.81. The number of hydrogen-bond donors (Lipinski definition) is 2. The van der Waals surface area contributed by atoms with Gasteiger partial charge in [0.2, 0.25) is 0 Å². The molecule has 0 aliphatic carbocycles. The van der Waals surface area contributed by atoms with E-state index in [1.54, 1.807) is 30.5 Å². The van der Waals surface area contributed by atoms with E-state index < -0.39 is 6.10 Å². The number of aromatic nitrogens is 2. The van der Waals surface area contributed by atoms with Crippen LogP contribution in [0, 0.1) is 11.3 Å². The predicted molar refractivity (Wildman–Crippen MR) is 89.7 cm³/mol. The van der Waals surface area contributed by atoms with E-state index in [0.29, 0.717) is 23.8 Å². The molecule has 1 atom stereocenters. The fourth-order valence-corrected chi connectivity index (χ4v) is 3.09. The van der Waals surface area contributed by atoms with Crippen LogP contribution in [0.25, 0.3) is 0 Å². The summed E-state index contributed by atoms with van der Waals surface area (Å²) in [6, 6.07) is 11.0. The quantitative estimate of drug-likeness (QED) is 0.847. The van der Waals surface area contributed by atoms with E-state index in [-0.39, 0.29) is 6.61 Å². The maximum absolute atomic E-state index is 10.2. The number of β-amino-alcohol motifs (C(OH)–C–C–N with tert-alkyl or cyclic N) is 1. The smallest absolute Gasteiger partial charge is 0.119 e. The summed E-state index contributed by atoms with van der Waals surface area (Å²) in [5, 5.41) is 26.0. The Hall–Kier alpha value is -2.36. The molecule has 6 heteroatoms. The minimum absolute atomic E-state index is 0.256. The summed E-state index contributed by atoms with van der Waals surface area (Å²) < 4.78 is 5.59. The number of H-pyrrole nitrogens is 1. The third kappa shape index (κ3) is 4.34. The molecule has 1 aromatic heterocycles. The summed E-state index contributed by atoms with van der Waals surface area (Å²) in [5.41, 5.74) is 1.81. The highest BCUT2D eigenvalue weighted by molar-refractivity contribution is 5.34. The van der Waals surface area contributed by atoms with Crippen LogP contribution in [-0.4, -0.2) is 52.5 Å². The highest BCUT2D eigenvalue weighted by Crippen LogP contribution is 2.26.